The topological polar surface area (TPSA) is 38.3 Å². The fourth-order valence-corrected chi connectivity index (χ4v) is 4.01. The number of carbonyl (C=O) groups excluding carboxylic acids is 1. The Hall–Kier alpha value is -0.520. The van der Waals surface area contributed by atoms with Gasteiger partial charge in [-0.1, -0.05) is 22.0 Å². The highest BCUT2D eigenvalue weighted by Crippen LogP contribution is 2.52. The molecular formula is C15H20BrNO2S. The van der Waals surface area contributed by atoms with Gasteiger partial charge in [-0.25, -0.2) is 0 Å². The first-order valence-electron chi connectivity index (χ1n) is 6.71. The summed E-state index contributed by atoms with van der Waals surface area (Å²) in [6, 6.07) is 6.45. The Kier molecular flexibility index (Phi) is 5.52. The van der Waals surface area contributed by atoms with Crippen molar-refractivity contribution in [1.29, 1.82) is 0 Å². The second-order valence-corrected chi connectivity index (χ2v) is 7.23. The van der Waals surface area contributed by atoms with Crippen LogP contribution >= 0.6 is 27.7 Å². The van der Waals surface area contributed by atoms with Crippen LogP contribution < -0.4 is 5.32 Å². The molecule has 0 amide bonds. The zero-order valence-corrected chi connectivity index (χ0v) is 14.3. The SMILES string of the molecule is CNCc1ccc(SCC2(CC(=O)OC)CC2)cc1Br. The van der Waals surface area contributed by atoms with Gasteiger partial charge in [0.15, 0.2) is 0 Å². The van der Waals surface area contributed by atoms with Crippen molar-refractivity contribution in [2.75, 3.05) is 19.9 Å². The van der Waals surface area contributed by atoms with Gasteiger partial charge < -0.3 is 10.1 Å². The molecule has 1 aromatic rings. The number of halogens is 1. The number of hydrogen-bond acceptors (Lipinski definition) is 4. The average molecular weight is 358 g/mol. The molecule has 0 atom stereocenters. The van der Waals surface area contributed by atoms with Crippen LogP contribution in [0.25, 0.3) is 0 Å². The Morgan fingerprint density at radius 3 is 2.80 bits per heavy atom. The van der Waals surface area contributed by atoms with Crippen LogP contribution in [0.3, 0.4) is 0 Å². The van der Waals surface area contributed by atoms with E-state index < -0.39 is 0 Å². The number of benzene rings is 1. The van der Waals surface area contributed by atoms with Gasteiger partial charge >= 0.3 is 5.97 Å². The molecule has 1 aliphatic rings. The van der Waals surface area contributed by atoms with Crippen LogP contribution in [0.15, 0.2) is 27.6 Å². The smallest absolute Gasteiger partial charge is 0.306 e. The molecule has 0 radical (unpaired) electrons. The van der Waals surface area contributed by atoms with Gasteiger partial charge in [0.05, 0.1) is 13.5 Å². The summed E-state index contributed by atoms with van der Waals surface area (Å²) in [4.78, 5) is 12.6. The Balaban J connectivity index is 1.91. The number of carbonyl (C=O) groups is 1. The average Bonchev–Trinajstić information content (AvgIpc) is 3.19. The molecule has 0 saturated heterocycles. The monoisotopic (exact) mass is 357 g/mol. The molecular weight excluding hydrogens is 338 g/mol. The van der Waals surface area contributed by atoms with E-state index in [0.717, 1.165) is 29.6 Å². The van der Waals surface area contributed by atoms with Crippen LogP contribution in [0.1, 0.15) is 24.8 Å². The minimum absolute atomic E-state index is 0.0892. The highest BCUT2D eigenvalue weighted by Gasteiger charge is 2.44. The maximum atomic E-state index is 11.4. The first-order chi connectivity index (χ1) is 9.58. The van der Waals surface area contributed by atoms with Crippen LogP contribution in [-0.4, -0.2) is 25.9 Å². The fourth-order valence-electron chi connectivity index (χ4n) is 2.12. The van der Waals surface area contributed by atoms with Gasteiger partial charge in [-0.05, 0) is 43.0 Å². The van der Waals surface area contributed by atoms with E-state index >= 15 is 0 Å². The number of hydrogen-bond donors (Lipinski definition) is 1. The van der Waals surface area contributed by atoms with Crippen molar-refractivity contribution in [1.82, 2.24) is 5.32 Å². The van der Waals surface area contributed by atoms with E-state index in [9.17, 15) is 4.79 Å². The minimum atomic E-state index is -0.0892. The molecule has 0 spiro atoms. The molecule has 110 valence electrons. The third-order valence-electron chi connectivity index (χ3n) is 3.64. The second kappa shape index (κ2) is 6.96. The van der Waals surface area contributed by atoms with Crippen molar-refractivity contribution in [2.24, 2.45) is 5.41 Å². The largest absolute Gasteiger partial charge is 0.469 e. The van der Waals surface area contributed by atoms with Gasteiger partial charge in [0, 0.05) is 21.7 Å². The molecule has 20 heavy (non-hydrogen) atoms. The molecule has 1 saturated carbocycles. The predicted octanol–water partition coefficient (Wildman–Crippen LogP) is 3.60. The van der Waals surface area contributed by atoms with Crippen molar-refractivity contribution < 1.29 is 9.53 Å². The molecule has 1 N–H and O–H groups in total. The first kappa shape index (κ1) is 15.9. The maximum absolute atomic E-state index is 11.4. The summed E-state index contributed by atoms with van der Waals surface area (Å²) in [5.74, 6) is 0.897. The number of ether oxygens (including phenoxy) is 1. The minimum Gasteiger partial charge on any atom is -0.469 e. The molecule has 2 rings (SSSR count). The molecule has 0 bridgehead atoms. The van der Waals surface area contributed by atoms with E-state index in [1.807, 2.05) is 18.8 Å². The van der Waals surface area contributed by atoms with Gasteiger partial charge in [-0.15, -0.1) is 11.8 Å². The third kappa shape index (κ3) is 4.24. The van der Waals surface area contributed by atoms with Gasteiger partial charge in [0.1, 0.15) is 0 Å². The van der Waals surface area contributed by atoms with Crippen LogP contribution in [0.5, 0.6) is 0 Å². The van der Waals surface area contributed by atoms with Crippen LogP contribution in [0, 0.1) is 5.41 Å². The quantitative estimate of drug-likeness (QED) is 0.597. The highest BCUT2D eigenvalue weighted by molar-refractivity contribution is 9.10. The second-order valence-electron chi connectivity index (χ2n) is 5.33. The Morgan fingerprint density at radius 2 is 2.25 bits per heavy atom. The third-order valence-corrected chi connectivity index (χ3v) is 5.72. The summed E-state index contributed by atoms with van der Waals surface area (Å²) in [5.41, 5.74) is 1.43. The van der Waals surface area contributed by atoms with Crippen molar-refractivity contribution in [3.05, 3.63) is 28.2 Å². The lowest BCUT2D eigenvalue weighted by molar-refractivity contribution is -0.141. The van der Waals surface area contributed by atoms with Crippen molar-refractivity contribution in [3.8, 4) is 0 Å². The molecule has 5 heteroatoms. The number of methoxy groups -OCH3 is 1. The lowest BCUT2D eigenvalue weighted by Crippen LogP contribution is -2.13. The van der Waals surface area contributed by atoms with Gasteiger partial charge in [-0.2, -0.15) is 0 Å². The van der Waals surface area contributed by atoms with Crippen LogP contribution in [-0.2, 0) is 16.1 Å². The number of esters is 1. The normalized spacial score (nSPS) is 15.9. The van der Waals surface area contributed by atoms with Crippen molar-refractivity contribution >= 4 is 33.7 Å². The zero-order chi connectivity index (χ0) is 14.6. The standard InChI is InChI=1S/C15H20BrNO2S/c1-17-9-11-3-4-12(7-13(11)16)20-10-15(5-6-15)8-14(18)19-2/h3-4,7,17H,5-6,8-10H2,1-2H3. The van der Waals surface area contributed by atoms with Gasteiger partial charge in [-0.3, -0.25) is 4.79 Å². The zero-order valence-electron chi connectivity index (χ0n) is 11.9. The Morgan fingerprint density at radius 1 is 1.50 bits per heavy atom. The van der Waals surface area contributed by atoms with Crippen molar-refractivity contribution in [2.45, 2.75) is 30.7 Å². The molecule has 0 heterocycles. The molecule has 1 aromatic carbocycles. The predicted molar refractivity (Wildman–Crippen MR) is 85.9 cm³/mol. The summed E-state index contributed by atoms with van der Waals surface area (Å²) in [6.07, 6.45) is 2.82. The van der Waals surface area contributed by atoms with E-state index in [4.69, 9.17) is 4.74 Å². The maximum Gasteiger partial charge on any atom is 0.306 e. The Bertz CT molecular complexity index is 489. The molecule has 0 unspecified atom stereocenters. The summed E-state index contributed by atoms with van der Waals surface area (Å²) in [6.45, 7) is 0.859. The first-order valence-corrected chi connectivity index (χ1v) is 8.49. The summed E-state index contributed by atoms with van der Waals surface area (Å²) in [7, 11) is 3.40. The molecule has 3 nitrogen and oxygen atoms in total. The van der Waals surface area contributed by atoms with E-state index in [1.54, 1.807) is 0 Å². The number of rotatable bonds is 7. The summed E-state index contributed by atoms with van der Waals surface area (Å²) < 4.78 is 5.91. The van der Waals surface area contributed by atoms with E-state index in [2.05, 4.69) is 39.4 Å². The molecule has 0 aromatic heterocycles. The lowest BCUT2D eigenvalue weighted by Gasteiger charge is -2.13. The lowest BCUT2D eigenvalue weighted by atomic mass is 10.1. The van der Waals surface area contributed by atoms with Crippen LogP contribution in [0.4, 0.5) is 0 Å². The number of thioether (sulfide) groups is 1. The number of nitrogens with one attached hydrogen (secondary N) is 1. The summed E-state index contributed by atoms with van der Waals surface area (Å²) >= 11 is 5.43. The van der Waals surface area contributed by atoms with Crippen molar-refractivity contribution in [3.63, 3.8) is 0 Å². The summed E-state index contributed by atoms with van der Waals surface area (Å²) in [5, 5.41) is 3.15. The molecule has 0 aliphatic heterocycles. The van der Waals surface area contributed by atoms with E-state index in [0.29, 0.717) is 6.42 Å². The highest BCUT2D eigenvalue weighted by atomic mass is 79.9. The van der Waals surface area contributed by atoms with E-state index in [1.165, 1.54) is 17.6 Å². The molecule has 1 fully saturated rings. The van der Waals surface area contributed by atoms with Gasteiger partial charge in [0.25, 0.3) is 0 Å². The van der Waals surface area contributed by atoms with Crippen LogP contribution in [0.2, 0.25) is 0 Å². The van der Waals surface area contributed by atoms with Gasteiger partial charge in [0.2, 0.25) is 0 Å². The van der Waals surface area contributed by atoms with E-state index in [-0.39, 0.29) is 11.4 Å². The fraction of sp³-hybridized carbons (Fsp3) is 0.533. The Labute approximate surface area is 133 Å². The molecule has 1 aliphatic carbocycles.